The van der Waals surface area contributed by atoms with Crippen molar-refractivity contribution in [2.45, 2.75) is 64.4 Å². The fourth-order valence-corrected chi connectivity index (χ4v) is 2.83. The minimum atomic E-state index is -0.449. The summed E-state index contributed by atoms with van der Waals surface area (Å²) < 4.78 is 10.8. The number of rotatable bonds is 3. The number of amides is 1. The molecule has 0 bridgehead atoms. The Morgan fingerprint density at radius 3 is 2.82 bits per heavy atom. The molecule has 1 aromatic rings. The molecule has 2 fully saturated rings. The molecular formula is C16H25N3O3. The van der Waals surface area contributed by atoms with Gasteiger partial charge in [-0.3, -0.25) is 0 Å². The highest BCUT2D eigenvalue weighted by atomic mass is 16.6. The molecule has 2 heterocycles. The maximum atomic E-state index is 12.2. The molecule has 1 saturated heterocycles. The van der Waals surface area contributed by atoms with E-state index in [-0.39, 0.29) is 6.09 Å². The summed E-state index contributed by atoms with van der Waals surface area (Å²) in [4.78, 5) is 18.5. The summed E-state index contributed by atoms with van der Waals surface area (Å²) in [6.45, 7) is 7.15. The third-order valence-electron chi connectivity index (χ3n) is 4.06. The summed E-state index contributed by atoms with van der Waals surface area (Å²) in [6, 6.07) is 0. The Kier molecular flexibility index (Phi) is 4.10. The van der Waals surface area contributed by atoms with Crippen LogP contribution in [0.5, 0.6) is 0 Å². The van der Waals surface area contributed by atoms with Crippen molar-refractivity contribution in [3.05, 3.63) is 11.7 Å². The highest BCUT2D eigenvalue weighted by Crippen LogP contribution is 2.38. The Balaban J connectivity index is 1.54. The van der Waals surface area contributed by atoms with E-state index in [0.717, 1.165) is 31.6 Å². The van der Waals surface area contributed by atoms with E-state index < -0.39 is 5.60 Å². The number of ether oxygens (including phenoxy) is 1. The summed E-state index contributed by atoms with van der Waals surface area (Å²) in [5, 5.41) is 4.05. The molecule has 1 atom stereocenters. The van der Waals surface area contributed by atoms with Gasteiger partial charge in [0.05, 0.1) is 0 Å². The maximum absolute atomic E-state index is 12.2. The molecule has 1 aromatic heterocycles. The van der Waals surface area contributed by atoms with Crippen molar-refractivity contribution in [1.29, 1.82) is 0 Å². The fraction of sp³-hybridized carbons (Fsp3) is 0.812. The third-order valence-corrected chi connectivity index (χ3v) is 4.06. The first kappa shape index (κ1) is 15.3. The average Bonchev–Trinajstić information content (AvgIpc) is 3.18. The van der Waals surface area contributed by atoms with E-state index in [0.29, 0.717) is 24.3 Å². The molecule has 0 aromatic carbocycles. The molecular weight excluding hydrogens is 282 g/mol. The van der Waals surface area contributed by atoms with Crippen molar-refractivity contribution < 1.29 is 14.1 Å². The minimum absolute atomic E-state index is 0.221. The van der Waals surface area contributed by atoms with Gasteiger partial charge in [-0.2, -0.15) is 4.98 Å². The average molecular weight is 307 g/mol. The summed E-state index contributed by atoms with van der Waals surface area (Å²) >= 11 is 0. The van der Waals surface area contributed by atoms with Gasteiger partial charge in [0, 0.05) is 25.4 Å². The molecule has 1 amide bonds. The molecule has 6 heteroatoms. The van der Waals surface area contributed by atoms with Gasteiger partial charge in [0.25, 0.3) is 0 Å². The molecule has 1 aliphatic carbocycles. The summed E-state index contributed by atoms with van der Waals surface area (Å²) in [6.07, 6.45) is 4.96. The first-order chi connectivity index (χ1) is 10.4. The number of likely N-dealkylation sites (tertiary alicyclic amines) is 1. The van der Waals surface area contributed by atoms with E-state index in [1.165, 1.54) is 12.8 Å². The van der Waals surface area contributed by atoms with Gasteiger partial charge < -0.3 is 14.2 Å². The van der Waals surface area contributed by atoms with E-state index in [9.17, 15) is 4.79 Å². The van der Waals surface area contributed by atoms with E-state index in [1.54, 1.807) is 4.90 Å². The van der Waals surface area contributed by atoms with Gasteiger partial charge in [-0.05, 0) is 52.4 Å². The lowest BCUT2D eigenvalue weighted by Crippen LogP contribution is -2.43. The van der Waals surface area contributed by atoms with Crippen LogP contribution in [0.4, 0.5) is 4.79 Å². The monoisotopic (exact) mass is 307 g/mol. The van der Waals surface area contributed by atoms with Crippen LogP contribution in [0.1, 0.15) is 64.1 Å². The number of piperidine rings is 1. The summed E-state index contributed by atoms with van der Waals surface area (Å²) in [5.41, 5.74) is -0.449. The number of hydrogen-bond acceptors (Lipinski definition) is 5. The number of hydrogen-bond donors (Lipinski definition) is 0. The Labute approximate surface area is 131 Å². The van der Waals surface area contributed by atoms with E-state index >= 15 is 0 Å². The van der Waals surface area contributed by atoms with Gasteiger partial charge in [0.2, 0.25) is 5.89 Å². The van der Waals surface area contributed by atoms with Crippen molar-refractivity contribution in [2.24, 2.45) is 5.92 Å². The zero-order chi connectivity index (χ0) is 15.7. The van der Waals surface area contributed by atoms with Crippen LogP contribution in [0.15, 0.2) is 4.52 Å². The van der Waals surface area contributed by atoms with Gasteiger partial charge in [-0.1, -0.05) is 5.16 Å². The van der Waals surface area contributed by atoms with Crippen LogP contribution in [-0.4, -0.2) is 39.8 Å². The van der Waals surface area contributed by atoms with E-state index in [2.05, 4.69) is 10.1 Å². The third kappa shape index (κ3) is 3.99. The quantitative estimate of drug-likeness (QED) is 0.858. The van der Waals surface area contributed by atoms with Gasteiger partial charge in [-0.25, -0.2) is 4.79 Å². The Morgan fingerprint density at radius 1 is 1.36 bits per heavy atom. The lowest BCUT2D eigenvalue weighted by atomic mass is 9.95. The summed E-state index contributed by atoms with van der Waals surface area (Å²) in [5.74, 6) is 2.45. The molecule has 0 spiro atoms. The lowest BCUT2D eigenvalue weighted by Gasteiger charge is -2.33. The van der Waals surface area contributed by atoms with E-state index in [1.807, 2.05) is 20.8 Å². The fourth-order valence-electron chi connectivity index (χ4n) is 2.83. The number of nitrogens with zero attached hydrogens (tertiary/aromatic N) is 3. The Hall–Kier alpha value is -1.59. The zero-order valence-corrected chi connectivity index (χ0v) is 13.7. The molecule has 0 N–H and O–H groups in total. The Bertz CT molecular complexity index is 531. The molecule has 6 nitrogen and oxygen atoms in total. The van der Waals surface area contributed by atoms with Gasteiger partial charge >= 0.3 is 6.09 Å². The first-order valence-corrected chi connectivity index (χ1v) is 8.21. The van der Waals surface area contributed by atoms with Crippen LogP contribution in [0.25, 0.3) is 0 Å². The minimum Gasteiger partial charge on any atom is -0.444 e. The van der Waals surface area contributed by atoms with Crippen LogP contribution in [-0.2, 0) is 11.2 Å². The van der Waals surface area contributed by atoms with Gasteiger partial charge in [0.1, 0.15) is 5.60 Å². The second kappa shape index (κ2) is 5.89. The highest BCUT2D eigenvalue weighted by Gasteiger charge is 2.31. The second-order valence-electron chi connectivity index (χ2n) is 7.46. The standard InChI is InChI=1S/C16H25N3O3/c1-16(2,3)21-15(20)19-8-4-5-11(10-19)9-13-17-14(18-22-13)12-6-7-12/h11-12H,4-10H2,1-3H3/t11-/m1/s1. The largest absolute Gasteiger partial charge is 0.444 e. The highest BCUT2D eigenvalue weighted by molar-refractivity contribution is 5.68. The lowest BCUT2D eigenvalue weighted by molar-refractivity contribution is 0.0162. The summed E-state index contributed by atoms with van der Waals surface area (Å²) in [7, 11) is 0. The van der Waals surface area contributed by atoms with Crippen molar-refractivity contribution in [3.63, 3.8) is 0 Å². The van der Waals surface area contributed by atoms with Gasteiger partial charge in [-0.15, -0.1) is 0 Å². The van der Waals surface area contributed by atoms with Crippen LogP contribution in [0.3, 0.4) is 0 Å². The van der Waals surface area contributed by atoms with Crippen molar-refractivity contribution in [2.75, 3.05) is 13.1 Å². The van der Waals surface area contributed by atoms with Crippen molar-refractivity contribution in [3.8, 4) is 0 Å². The molecule has 1 aliphatic heterocycles. The number of carbonyl (C=O) groups is 1. The molecule has 22 heavy (non-hydrogen) atoms. The second-order valence-corrected chi connectivity index (χ2v) is 7.46. The molecule has 0 unspecified atom stereocenters. The maximum Gasteiger partial charge on any atom is 0.410 e. The predicted molar refractivity (Wildman–Crippen MR) is 80.5 cm³/mol. The smallest absolute Gasteiger partial charge is 0.410 e. The molecule has 3 rings (SSSR count). The number of aromatic nitrogens is 2. The van der Waals surface area contributed by atoms with Gasteiger partial charge in [0.15, 0.2) is 5.82 Å². The zero-order valence-electron chi connectivity index (χ0n) is 13.7. The van der Waals surface area contributed by atoms with Crippen LogP contribution in [0, 0.1) is 5.92 Å². The van der Waals surface area contributed by atoms with Crippen molar-refractivity contribution in [1.82, 2.24) is 15.0 Å². The van der Waals surface area contributed by atoms with Crippen LogP contribution >= 0.6 is 0 Å². The number of carbonyl (C=O) groups excluding carboxylic acids is 1. The predicted octanol–water partition coefficient (Wildman–Crippen LogP) is 3.14. The normalized spacial score (nSPS) is 22.7. The first-order valence-electron chi connectivity index (χ1n) is 8.21. The van der Waals surface area contributed by atoms with Crippen LogP contribution < -0.4 is 0 Å². The van der Waals surface area contributed by atoms with Crippen molar-refractivity contribution >= 4 is 6.09 Å². The Morgan fingerprint density at radius 2 is 2.14 bits per heavy atom. The molecule has 1 saturated carbocycles. The molecule has 0 radical (unpaired) electrons. The van der Waals surface area contributed by atoms with Crippen LogP contribution in [0.2, 0.25) is 0 Å². The topological polar surface area (TPSA) is 68.5 Å². The SMILES string of the molecule is CC(C)(C)OC(=O)N1CCC[C@H](Cc2nc(C3CC3)no2)C1. The molecule has 2 aliphatic rings. The molecule has 122 valence electrons. The van der Waals surface area contributed by atoms with E-state index in [4.69, 9.17) is 9.26 Å².